The van der Waals surface area contributed by atoms with Crippen LogP contribution in [0.3, 0.4) is 0 Å². The summed E-state index contributed by atoms with van der Waals surface area (Å²) in [5.74, 6) is -1.96. The molecule has 0 fully saturated rings. The fourth-order valence-electron chi connectivity index (χ4n) is 2.38. The minimum atomic E-state index is -2.02. The van der Waals surface area contributed by atoms with Gasteiger partial charge >= 0.3 is 19.2 Å². The molecule has 3 N–H and O–H groups in total. The molecule has 0 aromatic heterocycles. The fourth-order valence-corrected chi connectivity index (χ4v) is 3.20. The van der Waals surface area contributed by atoms with Crippen molar-refractivity contribution >= 4 is 53.1 Å². The van der Waals surface area contributed by atoms with E-state index in [1.165, 1.54) is 6.07 Å². The number of carbonyl (C=O) groups is 2. The van der Waals surface area contributed by atoms with E-state index in [0.29, 0.717) is 0 Å². The molecule has 13 heteroatoms. The molecule has 1 amide bonds. The number of ether oxygens (including phenoxy) is 3. The predicted octanol–water partition coefficient (Wildman–Crippen LogP) is 2.48. The van der Waals surface area contributed by atoms with Gasteiger partial charge in [-0.1, -0.05) is 19.9 Å². The van der Waals surface area contributed by atoms with Gasteiger partial charge in [0.2, 0.25) is 0 Å². The van der Waals surface area contributed by atoms with Gasteiger partial charge in [-0.3, -0.25) is 0 Å². The maximum Gasteiger partial charge on any atom is 0.492 e. The zero-order chi connectivity index (χ0) is 24.9. The minimum Gasteiger partial charge on any atom is -0.488 e. The molecule has 0 saturated heterocycles. The Labute approximate surface area is 203 Å². The van der Waals surface area contributed by atoms with Crippen LogP contribution in [0.15, 0.2) is 12.1 Å². The topological polar surface area (TPSA) is 124 Å². The molecule has 0 spiro atoms. The molecule has 32 heavy (non-hydrogen) atoms. The summed E-state index contributed by atoms with van der Waals surface area (Å²) in [5.41, 5.74) is -0.798. The van der Waals surface area contributed by atoms with Gasteiger partial charge in [0, 0.05) is 11.9 Å². The number of methoxy groups -OCH3 is 1. The van der Waals surface area contributed by atoms with Crippen LogP contribution in [0.4, 0.5) is 9.18 Å². The van der Waals surface area contributed by atoms with Crippen LogP contribution in [-0.4, -0.2) is 61.2 Å². The largest absolute Gasteiger partial charge is 0.492 e. The molecule has 0 aliphatic rings. The summed E-state index contributed by atoms with van der Waals surface area (Å²) in [7, 11) is -0.873. The van der Waals surface area contributed by atoms with Gasteiger partial charge in [0.05, 0.1) is 20.2 Å². The standard InChI is InChI=1S/C17H25BFINO8P.C2H6/c1-17(2,3)29-16(23)21-13(15(22)26-4)9-10-7-11(18(24)25)14(12(19)8-10)27-5-6-28-30-20;1-2/h7-8,13,24-25,30H,5-6,9H2,1-4H3,(H,21,23);1-2H3. The van der Waals surface area contributed by atoms with Crippen molar-refractivity contribution in [2.75, 3.05) is 20.3 Å². The number of halogens is 2. The number of benzene rings is 1. The summed E-state index contributed by atoms with van der Waals surface area (Å²) < 4.78 is 34.8. The molecule has 0 aliphatic carbocycles. The minimum absolute atomic E-state index is 0.0109. The van der Waals surface area contributed by atoms with E-state index in [9.17, 15) is 24.0 Å². The van der Waals surface area contributed by atoms with Gasteiger partial charge in [-0.2, -0.15) is 0 Å². The fraction of sp³-hybridized carbons (Fsp3) is 0.579. The van der Waals surface area contributed by atoms with Crippen LogP contribution >= 0.6 is 28.5 Å². The highest BCUT2D eigenvalue weighted by molar-refractivity contribution is 14.2. The van der Waals surface area contributed by atoms with Crippen LogP contribution in [0, 0.1) is 5.82 Å². The lowest BCUT2D eigenvalue weighted by Gasteiger charge is -2.23. The van der Waals surface area contributed by atoms with Crippen molar-refractivity contribution in [3.05, 3.63) is 23.5 Å². The Morgan fingerprint density at radius 3 is 2.38 bits per heavy atom. The predicted molar refractivity (Wildman–Crippen MR) is 130 cm³/mol. The third kappa shape index (κ3) is 11.6. The first-order valence-electron chi connectivity index (χ1n) is 9.84. The number of alkyl carbamates (subject to hydrolysis) is 1. The molecule has 1 aromatic carbocycles. The van der Waals surface area contributed by atoms with Gasteiger partial charge in [-0.25, -0.2) is 14.0 Å². The first-order valence-corrected chi connectivity index (χ1v) is 13.9. The number of carbonyl (C=O) groups excluding carboxylic acids is 2. The molecule has 0 saturated carbocycles. The molecule has 0 aliphatic heterocycles. The second-order valence-corrected chi connectivity index (χ2v) is 8.83. The Balaban J connectivity index is 0.00000466. The summed E-state index contributed by atoms with van der Waals surface area (Å²) in [4.78, 5) is 24.1. The average Bonchev–Trinajstić information content (AvgIpc) is 2.71. The zero-order valence-electron chi connectivity index (χ0n) is 19.0. The van der Waals surface area contributed by atoms with Crippen molar-refractivity contribution in [1.29, 1.82) is 0 Å². The number of amides is 1. The van der Waals surface area contributed by atoms with Gasteiger partial charge in [0.1, 0.15) is 18.2 Å². The molecule has 0 heterocycles. The highest BCUT2D eigenvalue weighted by atomic mass is 127. The summed E-state index contributed by atoms with van der Waals surface area (Å²) in [6.07, 6.45) is -1.03. The van der Waals surface area contributed by atoms with Crippen molar-refractivity contribution < 1.29 is 42.8 Å². The number of hydrogen-bond acceptors (Lipinski definition) is 8. The first-order chi connectivity index (χ1) is 15.0. The molecule has 1 aromatic rings. The summed E-state index contributed by atoms with van der Waals surface area (Å²) in [6, 6.07) is 1.17. The molecule has 2 unspecified atom stereocenters. The van der Waals surface area contributed by atoms with Gasteiger partial charge in [-0.05, 0) is 54.4 Å². The van der Waals surface area contributed by atoms with Crippen molar-refractivity contribution in [1.82, 2.24) is 5.32 Å². The summed E-state index contributed by atoms with van der Waals surface area (Å²) >= 11 is 2.02. The zero-order valence-corrected chi connectivity index (χ0v) is 22.2. The highest BCUT2D eigenvalue weighted by Gasteiger charge is 2.28. The molecule has 2 atom stereocenters. The van der Waals surface area contributed by atoms with E-state index in [0.717, 1.165) is 13.2 Å². The average molecular weight is 589 g/mol. The lowest BCUT2D eigenvalue weighted by Crippen LogP contribution is -2.45. The second-order valence-electron chi connectivity index (χ2n) is 7.07. The Morgan fingerprint density at radius 1 is 1.25 bits per heavy atom. The summed E-state index contributed by atoms with van der Waals surface area (Å²) in [5, 5.41) is 21.6. The maximum absolute atomic E-state index is 14.6. The van der Waals surface area contributed by atoms with Gasteiger partial charge in [0.15, 0.2) is 11.6 Å². The summed E-state index contributed by atoms with van der Waals surface area (Å²) in [6.45, 7) is 9.41. The second kappa shape index (κ2) is 15.6. The van der Waals surface area contributed by atoms with E-state index >= 15 is 0 Å². The number of rotatable bonds is 10. The van der Waals surface area contributed by atoms with Crippen LogP contribution in [-0.2, 0) is 25.2 Å². The Morgan fingerprint density at radius 2 is 1.88 bits per heavy atom. The normalized spacial score (nSPS) is 11.9. The van der Waals surface area contributed by atoms with Gasteiger partial charge in [-0.15, -0.1) is 0 Å². The van der Waals surface area contributed by atoms with E-state index in [-0.39, 0.29) is 42.9 Å². The maximum atomic E-state index is 14.6. The van der Waals surface area contributed by atoms with Crippen LogP contribution in [0.1, 0.15) is 40.2 Å². The molecular formula is C19H31BFINO8P. The number of esters is 1. The highest BCUT2D eigenvalue weighted by Crippen LogP contribution is 2.22. The van der Waals surface area contributed by atoms with Gasteiger partial charge in [0.25, 0.3) is 0 Å². The van der Waals surface area contributed by atoms with Crippen LogP contribution in [0.2, 0.25) is 0 Å². The molecule has 182 valence electrons. The van der Waals surface area contributed by atoms with Crippen molar-refractivity contribution in [2.24, 2.45) is 0 Å². The molecule has 1 rings (SSSR count). The van der Waals surface area contributed by atoms with Crippen molar-refractivity contribution in [3.63, 3.8) is 0 Å². The van der Waals surface area contributed by atoms with E-state index in [1.54, 1.807) is 20.8 Å². The Bertz CT molecular complexity index is 736. The number of hydrogen-bond donors (Lipinski definition) is 3. The van der Waals surface area contributed by atoms with E-state index in [1.807, 2.05) is 35.9 Å². The van der Waals surface area contributed by atoms with E-state index in [2.05, 4.69) is 10.1 Å². The molecule has 0 bridgehead atoms. The van der Waals surface area contributed by atoms with Crippen LogP contribution in [0.25, 0.3) is 0 Å². The smallest absolute Gasteiger partial charge is 0.488 e. The van der Waals surface area contributed by atoms with E-state index in [4.69, 9.17) is 14.0 Å². The van der Waals surface area contributed by atoms with Crippen LogP contribution < -0.4 is 15.5 Å². The first kappa shape index (κ1) is 30.8. The van der Waals surface area contributed by atoms with Gasteiger partial charge < -0.3 is 34.1 Å². The lowest BCUT2D eigenvalue weighted by atomic mass is 9.78. The van der Waals surface area contributed by atoms with Crippen LogP contribution in [0.5, 0.6) is 5.75 Å². The Hall–Kier alpha value is -1.21. The molecular weight excluding hydrogens is 558 g/mol. The van der Waals surface area contributed by atoms with E-state index < -0.39 is 36.6 Å². The van der Waals surface area contributed by atoms with Crippen molar-refractivity contribution in [3.8, 4) is 5.75 Å². The molecule has 0 radical (unpaired) electrons. The monoisotopic (exact) mass is 589 g/mol. The SMILES string of the molecule is CC.COC(=O)C(Cc1cc(F)c(OCCOPI)c(B(O)O)c1)NC(=O)OC(C)(C)C. The third-order valence-electron chi connectivity index (χ3n) is 3.51. The quantitative estimate of drug-likeness (QED) is 0.125. The Kier molecular flexibility index (Phi) is 15.0. The number of nitrogens with one attached hydrogen (secondary N) is 1. The lowest BCUT2D eigenvalue weighted by molar-refractivity contribution is -0.143. The van der Waals surface area contributed by atoms with Crippen molar-refractivity contribution in [2.45, 2.75) is 52.7 Å². The third-order valence-corrected chi connectivity index (χ3v) is 4.76. The molecule has 9 nitrogen and oxygen atoms in total.